The van der Waals surface area contributed by atoms with Crippen molar-refractivity contribution in [3.05, 3.63) is 24.5 Å². The first kappa shape index (κ1) is 11.6. The van der Waals surface area contributed by atoms with Gasteiger partial charge in [-0.15, -0.1) is 12.4 Å². The zero-order chi connectivity index (χ0) is 7.94. The van der Waals surface area contributed by atoms with Gasteiger partial charge in [0.05, 0.1) is 0 Å². The van der Waals surface area contributed by atoms with Gasteiger partial charge in [-0.05, 0) is 18.6 Å². The Balaban J connectivity index is 0.00000121. The zero-order valence-electron chi connectivity index (χ0n) is 7.70. The highest BCUT2D eigenvalue weighted by atomic mass is 35.5. The summed E-state index contributed by atoms with van der Waals surface area (Å²) in [6, 6.07) is 4.17. The van der Waals surface area contributed by atoms with Gasteiger partial charge in [0.2, 0.25) is 0 Å². The maximum atomic E-state index is 2.25. The van der Waals surface area contributed by atoms with Crippen LogP contribution in [0, 0.1) is 0 Å². The summed E-state index contributed by atoms with van der Waals surface area (Å²) in [5.74, 6) is 0. The van der Waals surface area contributed by atoms with Crippen molar-refractivity contribution in [3.8, 4) is 0 Å². The molecule has 0 atom stereocenters. The molecule has 1 aromatic heterocycles. The summed E-state index contributed by atoms with van der Waals surface area (Å²) < 4.78 is 2.25. The van der Waals surface area contributed by atoms with Crippen LogP contribution in [-0.2, 0) is 6.54 Å². The van der Waals surface area contributed by atoms with E-state index in [-0.39, 0.29) is 12.4 Å². The monoisotopic (exact) mass is 187 g/mol. The van der Waals surface area contributed by atoms with E-state index in [1.54, 1.807) is 0 Å². The van der Waals surface area contributed by atoms with Crippen LogP contribution >= 0.6 is 12.4 Å². The predicted octanol–water partition coefficient (Wildman–Crippen LogP) is 3.49. The third-order valence-corrected chi connectivity index (χ3v) is 1.94. The van der Waals surface area contributed by atoms with Gasteiger partial charge < -0.3 is 4.57 Å². The summed E-state index contributed by atoms with van der Waals surface area (Å²) in [6.07, 6.45) is 9.65. The van der Waals surface area contributed by atoms with Crippen molar-refractivity contribution in [3.63, 3.8) is 0 Å². The molecule has 1 aromatic rings. The van der Waals surface area contributed by atoms with E-state index in [0.29, 0.717) is 0 Å². The van der Waals surface area contributed by atoms with Gasteiger partial charge in [-0.2, -0.15) is 0 Å². The highest BCUT2D eigenvalue weighted by molar-refractivity contribution is 5.85. The highest BCUT2D eigenvalue weighted by Gasteiger charge is 1.88. The van der Waals surface area contributed by atoms with Crippen molar-refractivity contribution < 1.29 is 0 Å². The Morgan fingerprint density at radius 3 is 2.25 bits per heavy atom. The first-order valence-corrected chi connectivity index (χ1v) is 4.54. The van der Waals surface area contributed by atoms with Gasteiger partial charge in [0.1, 0.15) is 0 Å². The third-order valence-electron chi connectivity index (χ3n) is 1.94. The Labute approximate surface area is 81.2 Å². The number of nitrogens with zero attached hydrogens (tertiary/aromatic N) is 1. The van der Waals surface area contributed by atoms with Crippen LogP contribution in [0.1, 0.15) is 32.6 Å². The molecule has 0 aliphatic heterocycles. The van der Waals surface area contributed by atoms with Crippen LogP contribution in [0.5, 0.6) is 0 Å². The van der Waals surface area contributed by atoms with Gasteiger partial charge in [0, 0.05) is 18.9 Å². The second-order valence-corrected chi connectivity index (χ2v) is 2.98. The number of rotatable bonds is 5. The quantitative estimate of drug-likeness (QED) is 0.622. The van der Waals surface area contributed by atoms with Gasteiger partial charge in [-0.25, -0.2) is 0 Å². The van der Waals surface area contributed by atoms with E-state index in [2.05, 4.69) is 36.0 Å². The molecule has 0 unspecified atom stereocenters. The number of aromatic nitrogens is 1. The molecule has 1 heterocycles. The summed E-state index contributed by atoms with van der Waals surface area (Å²) in [5.41, 5.74) is 0. The number of hydrogen-bond acceptors (Lipinski definition) is 0. The maximum absolute atomic E-state index is 2.25. The Morgan fingerprint density at radius 1 is 1.00 bits per heavy atom. The second kappa shape index (κ2) is 7.23. The maximum Gasteiger partial charge on any atom is 0.0219 e. The SMILES string of the molecule is CCCCCCn1cccc1.Cl. The first-order chi connectivity index (χ1) is 5.43. The minimum atomic E-state index is 0. The summed E-state index contributed by atoms with van der Waals surface area (Å²) in [5, 5.41) is 0. The molecule has 0 bridgehead atoms. The van der Waals surface area contributed by atoms with Crippen molar-refractivity contribution >= 4 is 12.4 Å². The van der Waals surface area contributed by atoms with E-state index < -0.39 is 0 Å². The summed E-state index contributed by atoms with van der Waals surface area (Å²) in [7, 11) is 0. The molecule has 0 radical (unpaired) electrons. The lowest BCUT2D eigenvalue weighted by Gasteiger charge is -2.00. The highest BCUT2D eigenvalue weighted by Crippen LogP contribution is 2.01. The van der Waals surface area contributed by atoms with Gasteiger partial charge >= 0.3 is 0 Å². The molecule has 0 N–H and O–H groups in total. The lowest BCUT2D eigenvalue weighted by Crippen LogP contribution is -1.93. The fourth-order valence-electron chi connectivity index (χ4n) is 1.24. The van der Waals surface area contributed by atoms with Crippen molar-refractivity contribution in [2.24, 2.45) is 0 Å². The number of hydrogen-bond donors (Lipinski definition) is 0. The summed E-state index contributed by atoms with van der Waals surface area (Å²) >= 11 is 0. The standard InChI is InChI=1S/C10H17N.ClH/c1-2-3-4-5-8-11-9-6-7-10-11;/h6-7,9-10H,2-5,8H2,1H3;1H. The Kier molecular flexibility index (Phi) is 6.97. The molecular formula is C10H18ClN. The summed E-state index contributed by atoms with van der Waals surface area (Å²) in [4.78, 5) is 0. The van der Waals surface area contributed by atoms with E-state index in [9.17, 15) is 0 Å². The Hall–Kier alpha value is -0.430. The zero-order valence-corrected chi connectivity index (χ0v) is 8.52. The second-order valence-electron chi connectivity index (χ2n) is 2.98. The average Bonchev–Trinajstić information content (AvgIpc) is 2.50. The summed E-state index contributed by atoms with van der Waals surface area (Å²) in [6.45, 7) is 3.43. The van der Waals surface area contributed by atoms with Crippen LogP contribution in [0.15, 0.2) is 24.5 Å². The van der Waals surface area contributed by atoms with E-state index in [4.69, 9.17) is 0 Å². The molecule has 0 saturated heterocycles. The molecular weight excluding hydrogens is 170 g/mol. The largest absolute Gasteiger partial charge is 0.354 e. The van der Waals surface area contributed by atoms with E-state index >= 15 is 0 Å². The molecule has 70 valence electrons. The van der Waals surface area contributed by atoms with Gasteiger partial charge in [0.25, 0.3) is 0 Å². The minimum Gasteiger partial charge on any atom is -0.354 e. The predicted molar refractivity (Wildman–Crippen MR) is 55.8 cm³/mol. The van der Waals surface area contributed by atoms with Crippen molar-refractivity contribution in [2.75, 3.05) is 0 Å². The molecule has 0 aliphatic rings. The van der Waals surface area contributed by atoms with Crippen LogP contribution in [0.25, 0.3) is 0 Å². The van der Waals surface area contributed by atoms with Crippen LogP contribution in [-0.4, -0.2) is 4.57 Å². The smallest absolute Gasteiger partial charge is 0.0219 e. The van der Waals surface area contributed by atoms with E-state index in [1.165, 1.54) is 32.2 Å². The molecule has 0 spiro atoms. The Bertz CT molecular complexity index is 170. The number of aryl methyl sites for hydroxylation is 1. The van der Waals surface area contributed by atoms with Crippen LogP contribution in [0.4, 0.5) is 0 Å². The third kappa shape index (κ3) is 4.45. The van der Waals surface area contributed by atoms with Gasteiger partial charge in [-0.1, -0.05) is 26.2 Å². The average molecular weight is 188 g/mol. The molecule has 0 amide bonds. The molecule has 0 fully saturated rings. The topological polar surface area (TPSA) is 4.93 Å². The number of halogens is 1. The van der Waals surface area contributed by atoms with Crippen molar-refractivity contribution in [1.82, 2.24) is 4.57 Å². The van der Waals surface area contributed by atoms with E-state index in [1.807, 2.05) is 0 Å². The number of unbranched alkanes of at least 4 members (excludes halogenated alkanes) is 3. The molecule has 0 aromatic carbocycles. The fourth-order valence-corrected chi connectivity index (χ4v) is 1.24. The molecule has 1 rings (SSSR count). The lowest BCUT2D eigenvalue weighted by molar-refractivity contribution is 0.584. The van der Waals surface area contributed by atoms with Gasteiger partial charge in [0.15, 0.2) is 0 Å². The molecule has 12 heavy (non-hydrogen) atoms. The van der Waals surface area contributed by atoms with Crippen LogP contribution in [0.3, 0.4) is 0 Å². The van der Waals surface area contributed by atoms with Crippen molar-refractivity contribution in [1.29, 1.82) is 0 Å². The normalized spacial score (nSPS) is 9.42. The molecule has 1 nitrogen and oxygen atoms in total. The Morgan fingerprint density at radius 2 is 1.67 bits per heavy atom. The van der Waals surface area contributed by atoms with Crippen LogP contribution in [0.2, 0.25) is 0 Å². The fraction of sp³-hybridized carbons (Fsp3) is 0.600. The molecule has 0 aliphatic carbocycles. The van der Waals surface area contributed by atoms with E-state index in [0.717, 1.165) is 0 Å². The van der Waals surface area contributed by atoms with Crippen LogP contribution < -0.4 is 0 Å². The minimum absolute atomic E-state index is 0. The lowest BCUT2D eigenvalue weighted by atomic mass is 10.2. The van der Waals surface area contributed by atoms with Crippen molar-refractivity contribution in [2.45, 2.75) is 39.2 Å². The first-order valence-electron chi connectivity index (χ1n) is 4.54. The molecule has 2 heteroatoms. The molecule has 0 saturated carbocycles. The van der Waals surface area contributed by atoms with Gasteiger partial charge in [-0.3, -0.25) is 0 Å².